The fourth-order valence-electron chi connectivity index (χ4n) is 8.94. The number of aromatic nitrogens is 4. The van der Waals surface area contributed by atoms with Crippen LogP contribution in [-0.2, 0) is 35.8 Å². The minimum absolute atomic E-state index is 0.175. The highest BCUT2D eigenvalue weighted by Crippen LogP contribution is 2.23. The van der Waals surface area contributed by atoms with Crippen molar-refractivity contribution in [1.82, 2.24) is 18.9 Å². The van der Waals surface area contributed by atoms with Gasteiger partial charge in [-0.05, 0) is 64.8 Å². The van der Waals surface area contributed by atoms with E-state index in [0.29, 0.717) is 24.3 Å². The number of aryl methyl sites for hydroxylation is 4. The van der Waals surface area contributed by atoms with Crippen molar-refractivity contribution in [2.75, 3.05) is 78.9 Å². The highest BCUT2D eigenvalue weighted by molar-refractivity contribution is 5.75. The van der Waals surface area contributed by atoms with Gasteiger partial charge in [0.05, 0.1) is 90.2 Å². The average Bonchev–Trinajstić information content (AvgIpc) is 1.66. The van der Waals surface area contributed by atoms with Crippen LogP contribution in [0.3, 0.4) is 0 Å². The molecule has 16 atom stereocenters. The lowest BCUT2D eigenvalue weighted by Gasteiger charge is -2.33. The number of hydrogen-bond acceptors (Lipinski definition) is 28. The maximum absolute atomic E-state index is 10.5. The second kappa shape index (κ2) is 42.3. The van der Waals surface area contributed by atoms with Crippen LogP contribution in [-0.4, -0.2) is 322 Å². The van der Waals surface area contributed by atoms with Crippen molar-refractivity contribution in [2.45, 2.75) is 177 Å². The van der Waals surface area contributed by atoms with Gasteiger partial charge in [-0.1, -0.05) is 0 Å². The van der Waals surface area contributed by atoms with Gasteiger partial charge in [-0.25, -0.2) is 18.3 Å². The van der Waals surface area contributed by atoms with E-state index in [0.717, 1.165) is 48.2 Å². The first kappa shape index (κ1) is 86.6. The van der Waals surface area contributed by atoms with Crippen LogP contribution >= 0.6 is 0 Å². The first-order valence-corrected chi connectivity index (χ1v) is 29.5. The van der Waals surface area contributed by atoms with E-state index in [4.69, 9.17) is 49.7 Å². The Balaban J connectivity index is 0.000000779. The molecule has 0 radical (unpaired) electrons. The number of ether oxygens (including phenoxy) is 2. The Labute approximate surface area is 534 Å². The van der Waals surface area contributed by atoms with Gasteiger partial charge in [-0.2, -0.15) is 26.3 Å². The molecule has 0 fully saturated rings. The quantitative estimate of drug-likeness (QED) is 0.0113. The first-order chi connectivity index (χ1) is 43.8. The van der Waals surface area contributed by atoms with Gasteiger partial charge >= 0.3 is 12.4 Å². The van der Waals surface area contributed by atoms with Crippen LogP contribution in [0, 0.1) is 0 Å². The number of carboxylic acids is 2. The summed E-state index contributed by atoms with van der Waals surface area (Å²) in [5, 5.41) is 214. The molecule has 4 rings (SSSR count). The number of aliphatic hydroxyl groups excluding tert-OH is 20. The fourth-order valence-corrected chi connectivity index (χ4v) is 8.94. The summed E-state index contributed by atoms with van der Waals surface area (Å²) in [4.78, 5) is 20.5. The normalized spacial score (nSPS) is 17.3. The molecule has 0 saturated heterocycles. The molecule has 94 heavy (non-hydrogen) atoms. The molecule has 2 heterocycles. The highest BCUT2D eigenvalue weighted by atomic mass is 19.4. The molecule has 4 aromatic rings. The molecule has 20 N–H and O–H groups in total. The van der Waals surface area contributed by atoms with E-state index >= 15 is 0 Å². The number of carbonyl (C=O) groups excluding carboxylic acids is 2. The number of rotatable bonds is 38. The lowest BCUT2D eigenvalue weighted by Crippen LogP contribution is -2.53. The number of halogens is 6. The monoisotopic (exact) mass is 1380 g/mol. The van der Waals surface area contributed by atoms with Crippen LogP contribution in [0.25, 0.3) is 22.1 Å². The van der Waals surface area contributed by atoms with Crippen molar-refractivity contribution < 1.29 is 167 Å². The second-order valence-electron chi connectivity index (χ2n) is 21.4. The molecule has 2 aromatic carbocycles. The van der Waals surface area contributed by atoms with E-state index in [-0.39, 0.29) is 52.5 Å². The predicted octanol–water partition coefficient (Wildman–Crippen LogP) is -9.58. The molecule has 0 unspecified atom stereocenters. The van der Waals surface area contributed by atoms with Gasteiger partial charge in [-0.15, -0.1) is 0 Å². The summed E-state index contributed by atoms with van der Waals surface area (Å²) in [6.07, 6.45) is -33.5. The number of fused-ring (bicyclic) bond motifs is 2. The zero-order valence-electron chi connectivity index (χ0n) is 51.9. The number of carbonyl (C=O) groups is 2. The Kier molecular flexibility index (Phi) is 39.0. The van der Waals surface area contributed by atoms with Gasteiger partial charge in [-0.3, -0.25) is 9.80 Å². The standard InChI is InChI=1S/2C26H46N3O11.2C2HF3O2/c2*1-3-28-15-29(4-2)18-10-16(6-7-17(18)28)40-9-5-8-27(11-19(32)23(36)25(38)21(34)13-30)12-20(33)24(37)26(39)22(35)14-31;2*3-2(4,5)1(6)7/h2*6-7,10,15,19-26,30-39H,3-5,8-9,11-14H2,1-2H3;2*(H,6,7)/q2*+1;;/p-2/t2*19-,20-,21+,22+,23+,24+,25+,26+;;/m00../s1. The molecule has 0 aliphatic heterocycles. The number of carboxylic acid groups (broad SMARTS) is 2. The van der Waals surface area contributed by atoms with Gasteiger partial charge in [0, 0.05) is 51.4 Å². The third-order valence-corrected chi connectivity index (χ3v) is 14.4. The number of benzene rings is 2. The van der Waals surface area contributed by atoms with Crippen molar-refractivity contribution in [3.05, 3.63) is 49.1 Å². The summed E-state index contributed by atoms with van der Waals surface area (Å²) >= 11 is 0. The number of alkyl halides is 6. The molecule has 0 spiro atoms. The Hall–Kier alpha value is -5.38. The molecule has 0 aliphatic rings. The summed E-state index contributed by atoms with van der Waals surface area (Å²) in [6.45, 7) is 7.60. The van der Waals surface area contributed by atoms with Crippen LogP contribution in [0.1, 0.15) is 40.5 Å². The molecule has 0 bridgehead atoms. The van der Waals surface area contributed by atoms with Crippen molar-refractivity contribution >= 4 is 34.0 Å². The lowest BCUT2D eigenvalue weighted by molar-refractivity contribution is -0.668. The summed E-state index contributed by atoms with van der Waals surface area (Å²) in [7, 11) is 0. The van der Waals surface area contributed by atoms with Crippen molar-refractivity contribution in [3.8, 4) is 11.5 Å². The van der Waals surface area contributed by atoms with Crippen LogP contribution in [0.4, 0.5) is 26.3 Å². The fraction of sp³-hybridized carbons (Fsp3) is 0.714. The second-order valence-corrected chi connectivity index (χ2v) is 21.4. The van der Waals surface area contributed by atoms with Crippen molar-refractivity contribution in [2.24, 2.45) is 0 Å². The molecule has 2 aromatic heterocycles. The molecule has 0 aliphatic carbocycles. The number of hydrogen-bond donors (Lipinski definition) is 20. The zero-order chi connectivity index (χ0) is 72.1. The zero-order valence-corrected chi connectivity index (χ0v) is 51.9. The molecule has 0 saturated carbocycles. The topological polar surface area (TPSA) is 527 Å². The summed E-state index contributed by atoms with van der Waals surface area (Å²) in [5.41, 5.74) is 4.19. The Morgan fingerprint density at radius 3 is 0.883 bits per heavy atom. The van der Waals surface area contributed by atoms with Gasteiger partial charge in [0.25, 0.3) is 0 Å². The third kappa shape index (κ3) is 28.0. The lowest BCUT2D eigenvalue weighted by atomic mass is 10.0. The largest absolute Gasteiger partial charge is 0.542 e. The van der Waals surface area contributed by atoms with E-state index in [2.05, 4.69) is 32.1 Å². The van der Waals surface area contributed by atoms with E-state index in [1.165, 1.54) is 9.80 Å². The molecule has 32 nitrogen and oxygen atoms in total. The number of aliphatic hydroxyl groups is 20. The maximum atomic E-state index is 10.5. The van der Waals surface area contributed by atoms with E-state index in [9.17, 15) is 108 Å². The maximum Gasteiger partial charge on any atom is 0.430 e. The van der Waals surface area contributed by atoms with Crippen LogP contribution in [0.15, 0.2) is 49.1 Å². The molecule has 0 amide bonds. The predicted molar refractivity (Wildman–Crippen MR) is 307 cm³/mol. The van der Waals surface area contributed by atoms with Crippen LogP contribution in [0.5, 0.6) is 11.5 Å². The van der Waals surface area contributed by atoms with Crippen LogP contribution in [0.2, 0.25) is 0 Å². The molecular formula is C56H92F6N6O26. The van der Waals surface area contributed by atoms with Crippen LogP contribution < -0.4 is 28.8 Å². The minimum atomic E-state index is -5.19. The molecule has 38 heteroatoms. The Morgan fingerprint density at radius 2 is 0.681 bits per heavy atom. The third-order valence-electron chi connectivity index (χ3n) is 14.4. The van der Waals surface area contributed by atoms with Gasteiger partial charge in [0.2, 0.25) is 12.7 Å². The van der Waals surface area contributed by atoms with E-state index in [1.54, 1.807) is 0 Å². The summed E-state index contributed by atoms with van der Waals surface area (Å²) in [5.74, 6) is -4.73. The number of imidazole rings is 2. The molecule has 544 valence electrons. The molecular weight excluding hydrogens is 1290 g/mol. The number of aliphatic carboxylic acids is 2. The summed E-state index contributed by atoms with van der Waals surface area (Å²) in [6, 6.07) is 11.5. The Bertz CT molecular complexity index is 2530. The summed E-state index contributed by atoms with van der Waals surface area (Å²) < 4.78 is 83.4. The average molecular weight is 1380 g/mol. The van der Waals surface area contributed by atoms with Gasteiger partial charge in [0.15, 0.2) is 22.1 Å². The van der Waals surface area contributed by atoms with Gasteiger partial charge in [0.1, 0.15) is 96.7 Å². The highest BCUT2D eigenvalue weighted by Gasteiger charge is 2.37. The number of nitrogens with zero attached hydrogens (tertiary/aromatic N) is 6. The van der Waals surface area contributed by atoms with Crippen molar-refractivity contribution in [3.63, 3.8) is 0 Å². The van der Waals surface area contributed by atoms with E-state index in [1.807, 2.05) is 62.9 Å². The Morgan fingerprint density at radius 1 is 0.447 bits per heavy atom. The smallest absolute Gasteiger partial charge is 0.430 e. The first-order valence-electron chi connectivity index (χ1n) is 29.5. The minimum Gasteiger partial charge on any atom is -0.542 e. The van der Waals surface area contributed by atoms with Gasteiger partial charge < -0.3 is 131 Å². The van der Waals surface area contributed by atoms with Crippen molar-refractivity contribution in [1.29, 1.82) is 0 Å². The van der Waals surface area contributed by atoms with E-state index < -0.39 is 148 Å². The SMILES string of the molecule is CCn1c[n+](CC)c2ccc(OCCCN(C[C@H](O)[C@@H](O)[C@H](O)[C@H](O)CO)C[C@H](O)[C@@H](O)[C@H](O)[C@H](O)CO)cc21.CCn1c[n+](CC)c2ccc(OCCCN(C[C@H](O)[C@@H](O)[C@H](O)[C@H](O)CO)C[C@H](O)[C@@H](O)[C@H](O)[C@H](O)CO)cc21.O=C([O-])C(F)(F)F.O=C([O-])C(F)(F)F.